The molecule has 0 unspecified atom stereocenters. The number of nitrogens with zero attached hydrogens (tertiary/aromatic N) is 2. The first-order valence-electron chi connectivity index (χ1n) is 11.8. The molecule has 36 heavy (non-hydrogen) atoms. The largest absolute Gasteiger partial charge is 0.321 e. The molecule has 5 aromatic carbocycles. The summed E-state index contributed by atoms with van der Waals surface area (Å²) < 4.78 is 3.03. The minimum Gasteiger partial charge on any atom is -0.271 e. The summed E-state index contributed by atoms with van der Waals surface area (Å²) >= 11 is 0. The van der Waals surface area contributed by atoms with Crippen LogP contribution in [0.5, 0.6) is 0 Å². The molecular formula is C32H22N2O2. The van der Waals surface area contributed by atoms with Crippen molar-refractivity contribution in [1.29, 1.82) is 0 Å². The van der Waals surface area contributed by atoms with E-state index in [2.05, 4.69) is 0 Å². The van der Waals surface area contributed by atoms with E-state index in [1.54, 1.807) is 0 Å². The molecule has 0 atom stereocenters. The van der Waals surface area contributed by atoms with Crippen LogP contribution in [-0.4, -0.2) is 9.13 Å². The average molecular weight is 467 g/mol. The zero-order valence-electron chi connectivity index (χ0n) is 19.4. The van der Waals surface area contributed by atoms with Crippen molar-refractivity contribution in [1.82, 2.24) is 9.13 Å². The van der Waals surface area contributed by atoms with Crippen molar-refractivity contribution in [3.63, 3.8) is 0 Å². The van der Waals surface area contributed by atoms with Crippen LogP contribution in [0.3, 0.4) is 0 Å². The Bertz CT molecular complexity index is 1680. The van der Waals surface area contributed by atoms with Gasteiger partial charge in [-0.1, -0.05) is 97.1 Å². The Morgan fingerprint density at radius 2 is 0.722 bits per heavy atom. The van der Waals surface area contributed by atoms with Crippen molar-refractivity contribution in [3.05, 3.63) is 154 Å². The summed E-state index contributed by atoms with van der Waals surface area (Å²) in [4.78, 5) is 27.2. The van der Waals surface area contributed by atoms with E-state index in [9.17, 15) is 9.59 Å². The number of aromatic nitrogens is 2. The Labute approximate surface area is 208 Å². The molecule has 0 saturated heterocycles. The molecule has 0 fully saturated rings. The molecule has 6 rings (SSSR count). The predicted molar refractivity (Wildman–Crippen MR) is 146 cm³/mol. The van der Waals surface area contributed by atoms with Gasteiger partial charge in [-0.05, 0) is 58.7 Å². The van der Waals surface area contributed by atoms with Gasteiger partial charge in [0.15, 0.2) is 0 Å². The number of hydrogen-bond donors (Lipinski definition) is 0. The predicted octanol–water partition coefficient (Wildman–Crippen LogP) is 6.48. The van der Waals surface area contributed by atoms with Crippen molar-refractivity contribution in [2.24, 2.45) is 0 Å². The summed E-state index contributed by atoms with van der Waals surface area (Å²) in [5.41, 5.74) is 5.49. The van der Waals surface area contributed by atoms with Crippen LogP contribution in [0.15, 0.2) is 143 Å². The monoisotopic (exact) mass is 466 g/mol. The normalized spacial score (nSPS) is 11.0. The van der Waals surface area contributed by atoms with Gasteiger partial charge in [-0.2, -0.15) is 0 Å². The highest BCUT2D eigenvalue weighted by Crippen LogP contribution is 2.26. The molecule has 6 aromatic rings. The first kappa shape index (κ1) is 21.6. The molecule has 0 aliphatic rings. The summed E-state index contributed by atoms with van der Waals surface area (Å²) in [7, 11) is 0. The molecule has 0 radical (unpaired) electrons. The first-order valence-corrected chi connectivity index (χ1v) is 11.8. The fourth-order valence-corrected chi connectivity index (χ4v) is 4.68. The Balaban J connectivity index is 1.58. The smallest absolute Gasteiger partial charge is 0.271 e. The summed E-state index contributed by atoms with van der Waals surface area (Å²) in [6, 6.07) is 42.9. The van der Waals surface area contributed by atoms with Gasteiger partial charge in [0.05, 0.1) is 22.4 Å². The summed E-state index contributed by atoms with van der Waals surface area (Å²) in [5.74, 6) is 0. The lowest BCUT2D eigenvalue weighted by Gasteiger charge is -2.16. The van der Waals surface area contributed by atoms with Crippen LogP contribution in [0.1, 0.15) is 0 Å². The van der Waals surface area contributed by atoms with Gasteiger partial charge < -0.3 is 0 Å². The highest BCUT2D eigenvalue weighted by molar-refractivity contribution is 5.80. The van der Waals surface area contributed by atoms with Gasteiger partial charge in [-0.25, -0.2) is 0 Å². The maximum absolute atomic E-state index is 13.6. The average Bonchev–Trinajstić information content (AvgIpc) is 2.95. The molecule has 172 valence electrons. The lowest BCUT2D eigenvalue weighted by Crippen LogP contribution is -2.40. The van der Waals surface area contributed by atoms with E-state index in [-0.39, 0.29) is 0 Å². The molecule has 0 bridgehead atoms. The minimum absolute atomic E-state index is 0.593. The Morgan fingerprint density at radius 1 is 0.361 bits per heavy atom. The molecule has 1 heterocycles. The molecular weight excluding hydrogens is 444 g/mol. The van der Waals surface area contributed by atoms with E-state index in [4.69, 9.17) is 0 Å². The standard InChI is InChI=1S/C32H22N2O2/c35-31-32(36)34(28-18-10-16-26(22-28)24-13-5-2-6-14-24)30-20-8-7-19-29(30)33(31)27-17-9-15-25(21-27)23-11-3-1-4-12-23/h1-22H. The number of rotatable bonds is 4. The maximum atomic E-state index is 13.6. The van der Waals surface area contributed by atoms with Gasteiger partial charge in [0.25, 0.3) is 0 Å². The van der Waals surface area contributed by atoms with Gasteiger partial charge in [0.1, 0.15) is 0 Å². The second kappa shape index (κ2) is 9.01. The van der Waals surface area contributed by atoms with Crippen LogP contribution in [0, 0.1) is 0 Å². The summed E-state index contributed by atoms with van der Waals surface area (Å²) in [6.07, 6.45) is 0. The van der Waals surface area contributed by atoms with Crippen LogP contribution in [0.25, 0.3) is 44.7 Å². The molecule has 0 aliphatic carbocycles. The van der Waals surface area contributed by atoms with E-state index in [1.165, 1.54) is 9.13 Å². The Morgan fingerprint density at radius 3 is 1.14 bits per heavy atom. The second-order valence-electron chi connectivity index (χ2n) is 8.60. The van der Waals surface area contributed by atoms with Crippen LogP contribution >= 0.6 is 0 Å². The van der Waals surface area contributed by atoms with Crippen molar-refractivity contribution in [2.45, 2.75) is 0 Å². The van der Waals surface area contributed by atoms with Crippen LogP contribution in [0.4, 0.5) is 0 Å². The molecule has 4 nitrogen and oxygen atoms in total. The molecule has 1 aromatic heterocycles. The van der Waals surface area contributed by atoms with E-state index >= 15 is 0 Å². The highest BCUT2D eigenvalue weighted by Gasteiger charge is 2.16. The van der Waals surface area contributed by atoms with E-state index in [1.807, 2.05) is 133 Å². The number of fused-ring (bicyclic) bond motifs is 1. The number of hydrogen-bond acceptors (Lipinski definition) is 2. The fourth-order valence-electron chi connectivity index (χ4n) is 4.68. The van der Waals surface area contributed by atoms with Crippen LogP contribution in [0.2, 0.25) is 0 Å². The van der Waals surface area contributed by atoms with Gasteiger partial charge >= 0.3 is 11.1 Å². The second-order valence-corrected chi connectivity index (χ2v) is 8.60. The van der Waals surface area contributed by atoms with Crippen molar-refractivity contribution < 1.29 is 0 Å². The summed E-state index contributed by atoms with van der Waals surface area (Å²) in [6.45, 7) is 0. The topological polar surface area (TPSA) is 44.0 Å². The van der Waals surface area contributed by atoms with E-state index in [0.29, 0.717) is 22.4 Å². The molecule has 0 spiro atoms. The highest BCUT2D eigenvalue weighted by atomic mass is 16.2. The van der Waals surface area contributed by atoms with Crippen molar-refractivity contribution >= 4 is 11.0 Å². The number of para-hydroxylation sites is 2. The zero-order chi connectivity index (χ0) is 24.5. The van der Waals surface area contributed by atoms with Gasteiger partial charge in [-0.15, -0.1) is 0 Å². The minimum atomic E-state index is -0.593. The molecule has 0 saturated carbocycles. The third-order valence-electron chi connectivity index (χ3n) is 6.38. The third kappa shape index (κ3) is 3.75. The molecule has 0 aliphatic heterocycles. The molecule has 0 amide bonds. The fraction of sp³-hybridized carbons (Fsp3) is 0. The van der Waals surface area contributed by atoms with Crippen molar-refractivity contribution in [3.8, 4) is 33.6 Å². The van der Waals surface area contributed by atoms with Gasteiger partial charge in [0.2, 0.25) is 0 Å². The maximum Gasteiger partial charge on any atom is 0.321 e. The lowest BCUT2D eigenvalue weighted by molar-refractivity contribution is 0.918. The third-order valence-corrected chi connectivity index (χ3v) is 6.38. The van der Waals surface area contributed by atoms with Gasteiger partial charge in [0, 0.05) is 0 Å². The van der Waals surface area contributed by atoms with Crippen LogP contribution < -0.4 is 11.1 Å². The quantitative estimate of drug-likeness (QED) is 0.279. The SMILES string of the molecule is O=c1c(=O)n(-c2cccc(-c3ccccc3)c2)c2ccccc2n1-c1cccc(-c2ccccc2)c1. The first-order chi connectivity index (χ1) is 17.7. The number of benzene rings is 5. The van der Waals surface area contributed by atoms with E-state index in [0.717, 1.165) is 22.3 Å². The van der Waals surface area contributed by atoms with Crippen LogP contribution in [-0.2, 0) is 0 Å². The zero-order valence-corrected chi connectivity index (χ0v) is 19.4. The van der Waals surface area contributed by atoms with E-state index < -0.39 is 11.1 Å². The molecule has 0 N–H and O–H groups in total. The lowest BCUT2D eigenvalue weighted by atomic mass is 10.0. The van der Waals surface area contributed by atoms with Crippen molar-refractivity contribution in [2.75, 3.05) is 0 Å². The Kier molecular flexibility index (Phi) is 5.39. The Hall–Kier alpha value is -4.96. The van der Waals surface area contributed by atoms with Gasteiger partial charge in [-0.3, -0.25) is 18.7 Å². The molecule has 4 heteroatoms. The summed E-state index contributed by atoms with van der Waals surface area (Å²) in [5, 5.41) is 0.